The van der Waals surface area contributed by atoms with E-state index in [4.69, 9.17) is 0 Å². The first-order chi connectivity index (χ1) is 13.2. The number of carbonyl (C=O) groups is 2. The summed E-state index contributed by atoms with van der Waals surface area (Å²) >= 11 is 2.05. The Balaban J connectivity index is 1.38. The Morgan fingerprint density at radius 3 is 2.63 bits per heavy atom. The van der Waals surface area contributed by atoms with E-state index in [0.717, 1.165) is 52.0 Å². The first-order valence-electron chi connectivity index (χ1n) is 10.8. The van der Waals surface area contributed by atoms with Gasteiger partial charge in [0.05, 0.1) is 0 Å². The summed E-state index contributed by atoms with van der Waals surface area (Å²) in [5.41, 5.74) is 0.173. The van der Waals surface area contributed by atoms with Gasteiger partial charge >= 0.3 is 6.03 Å². The number of nitrogens with zero attached hydrogens (tertiary/aromatic N) is 2. The fourth-order valence-electron chi connectivity index (χ4n) is 5.62. The molecule has 7 heteroatoms. The molecule has 0 radical (unpaired) electrons. The maximum Gasteiger partial charge on any atom is 0.317 e. The first-order valence-corrected chi connectivity index (χ1v) is 12.0. The van der Waals surface area contributed by atoms with Crippen LogP contribution in [-0.4, -0.2) is 77.5 Å². The van der Waals surface area contributed by atoms with Crippen LogP contribution in [0.25, 0.3) is 0 Å². The monoisotopic (exact) mass is 394 g/mol. The number of hydrogen-bond donors (Lipinski definition) is 2. The summed E-state index contributed by atoms with van der Waals surface area (Å²) in [6.07, 6.45) is 8.82. The highest BCUT2D eigenvalue weighted by Crippen LogP contribution is 2.36. The minimum atomic E-state index is 0.0942. The van der Waals surface area contributed by atoms with Crippen molar-refractivity contribution in [3.63, 3.8) is 0 Å². The van der Waals surface area contributed by atoms with Crippen molar-refractivity contribution in [2.24, 2.45) is 5.92 Å². The maximum absolute atomic E-state index is 13.1. The van der Waals surface area contributed by atoms with E-state index in [1.54, 1.807) is 0 Å². The second-order valence-electron chi connectivity index (χ2n) is 8.71. The van der Waals surface area contributed by atoms with Crippen LogP contribution < -0.4 is 10.6 Å². The molecule has 1 saturated carbocycles. The van der Waals surface area contributed by atoms with Crippen molar-refractivity contribution in [3.8, 4) is 0 Å². The molecule has 4 rings (SSSR count). The van der Waals surface area contributed by atoms with Crippen LogP contribution in [0.2, 0.25) is 0 Å². The fraction of sp³-hybridized carbons (Fsp3) is 0.900. The molecule has 2 N–H and O–H groups in total. The SMILES string of the molecule is O=C1CC(C2CCCCN2C(=O)NCC2(N3CCSCC3)CCCC2)CN1. The number of rotatable bonds is 4. The van der Waals surface area contributed by atoms with E-state index in [-0.39, 0.29) is 29.4 Å². The van der Waals surface area contributed by atoms with Crippen LogP contribution in [0.15, 0.2) is 0 Å². The molecular formula is C20H34N4O2S. The van der Waals surface area contributed by atoms with Gasteiger partial charge in [-0.2, -0.15) is 11.8 Å². The molecule has 2 unspecified atom stereocenters. The van der Waals surface area contributed by atoms with Gasteiger partial charge in [-0.25, -0.2) is 4.79 Å². The Kier molecular flexibility index (Phi) is 6.17. The number of thioether (sulfide) groups is 1. The minimum absolute atomic E-state index is 0.0942. The van der Waals surface area contributed by atoms with E-state index in [1.807, 2.05) is 16.7 Å². The number of carbonyl (C=O) groups excluding carboxylic acids is 2. The molecule has 0 bridgehead atoms. The summed E-state index contributed by atoms with van der Waals surface area (Å²) in [5.74, 6) is 2.85. The minimum Gasteiger partial charge on any atom is -0.356 e. The van der Waals surface area contributed by atoms with Gasteiger partial charge in [-0.05, 0) is 32.1 Å². The summed E-state index contributed by atoms with van der Waals surface area (Å²) in [6.45, 7) is 4.64. The normalized spacial score (nSPS) is 31.7. The number of amides is 3. The molecule has 3 aliphatic heterocycles. The van der Waals surface area contributed by atoms with Gasteiger partial charge in [0, 0.05) is 68.1 Å². The largest absolute Gasteiger partial charge is 0.356 e. The second kappa shape index (κ2) is 8.60. The molecule has 3 amide bonds. The molecule has 3 heterocycles. The van der Waals surface area contributed by atoms with Crippen LogP contribution in [0.3, 0.4) is 0 Å². The Labute approximate surface area is 167 Å². The second-order valence-corrected chi connectivity index (χ2v) is 9.94. The standard InChI is InChI=1S/C20H34N4O2S/c25-18-13-16(14-21-18)17-5-1-4-8-24(17)19(26)22-15-20(6-2-3-7-20)23-9-11-27-12-10-23/h16-17H,1-15H2,(H,21,25)(H,22,26). The molecule has 0 aromatic carbocycles. The smallest absolute Gasteiger partial charge is 0.317 e. The van der Waals surface area contributed by atoms with Gasteiger partial charge in [0.1, 0.15) is 0 Å². The number of nitrogens with one attached hydrogen (secondary N) is 2. The molecular weight excluding hydrogens is 360 g/mol. The lowest BCUT2D eigenvalue weighted by molar-refractivity contribution is -0.119. The van der Waals surface area contributed by atoms with Gasteiger partial charge < -0.3 is 15.5 Å². The van der Waals surface area contributed by atoms with Crippen LogP contribution in [0.1, 0.15) is 51.4 Å². The van der Waals surface area contributed by atoms with Crippen molar-refractivity contribution < 1.29 is 9.59 Å². The zero-order chi connectivity index (χ0) is 18.7. The van der Waals surface area contributed by atoms with Crippen molar-refractivity contribution in [1.82, 2.24) is 20.4 Å². The summed E-state index contributed by atoms with van der Waals surface area (Å²) < 4.78 is 0. The molecule has 0 aromatic rings. The maximum atomic E-state index is 13.1. The Hall–Kier alpha value is -0.950. The van der Waals surface area contributed by atoms with E-state index >= 15 is 0 Å². The van der Waals surface area contributed by atoms with Crippen LogP contribution in [0.4, 0.5) is 4.79 Å². The zero-order valence-electron chi connectivity index (χ0n) is 16.4. The molecule has 4 aliphatic rings. The number of hydrogen-bond acceptors (Lipinski definition) is 4. The van der Waals surface area contributed by atoms with Crippen molar-refractivity contribution >= 4 is 23.7 Å². The first kappa shape index (κ1) is 19.4. The molecule has 1 aliphatic carbocycles. The topological polar surface area (TPSA) is 64.7 Å². The average molecular weight is 395 g/mol. The summed E-state index contributed by atoms with van der Waals surface area (Å²) in [5, 5.41) is 6.28. The zero-order valence-corrected chi connectivity index (χ0v) is 17.2. The van der Waals surface area contributed by atoms with Crippen LogP contribution in [0.5, 0.6) is 0 Å². The van der Waals surface area contributed by atoms with Crippen molar-refractivity contribution in [3.05, 3.63) is 0 Å². The highest BCUT2D eigenvalue weighted by Gasteiger charge is 2.41. The molecule has 4 fully saturated rings. The van der Waals surface area contributed by atoms with Gasteiger partial charge in [-0.15, -0.1) is 0 Å². The Morgan fingerprint density at radius 2 is 1.93 bits per heavy atom. The Morgan fingerprint density at radius 1 is 1.15 bits per heavy atom. The third kappa shape index (κ3) is 4.24. The van der Waals surface area contributed by atoms with Gasteiger partial charge in [0.25, 0.3) is 0 Å². The lowest BCUT2D eigenvalue weighted by atomic mass is 9.89. The summed E-state index contributed by atoms with van der Waals surface area (Å²) in [4.78, 5) is 29.5. The third-order valence-electron chi connectivity index (χ3n) is 7.15. The van der Waals surface area contributed by atoms with E-state index in [0.29, 0.717) is 6.42 Å². The molecule has 0 aromatic heterocycles. The summed E-state index contributed by atoms with van der Waals surface area (Å²) in [7, 11) is 0. The van der Waals surface area contributed by atoms with Crippen molar-refractivity contribution in [2.75, 3.05) is 44.2 Å². The van der Waals surface area contributed by atoms with Crippen LogP contribution >= 0.6 is 11.8 Å². The number of urea groups is 1. The summed E-state index contributed by atoms with van der Waals surface area (Å²) in [6, 6.07) is 0.306. The quantitative estimate of drug-likeness (QED) is 0.766. The molecule has 0 spiro atoms. The van der Waals surface area contributed by atoms with E-state index < -0.39 is 0 Å². The van der Waals surface area contributed by atoms with Crippen LogP contribution in [-0.2, 0) is 4.79 Å². The van der Waals surface area contributed by atoms with Gasteiger partial charge in [0.15, 0.2) is 0 Å². The number of piperidine rings is 1. The highest BCUT2D eigenvalue weighted by atomic mass is 32.2. The highest BCUT2D eigenvalue weighted by molar-refractivity contribution is 7.99. The molecule has 3 saturated heterocycles. The van der Waals surface area contributed by atoms with Crippen molar-refractivity contribution in [2.45, 2.75) is 62.9 Å². The molecule has 6 nitrogen and oxygen atoms in total. The average Bonchev–Trinajstić information content (AvgIpc) is 3.37. The van der Waals surface area contributed by atoms with Gasteiger partial charge in [-0.1, -0.05) is 12.8 Å². The third-order valence-corrected chi connectivity index (χ3v) is 8.09. The predicted molar refractivity (Wildman–Crippen MR) is 109 cm³/mol. The van der Waals surface area contributed by atoms with E-state index in [9.17, 15) is 9.59 Å². The van der Waals surface area contributed by atoms with Crippen molar-refractivity contribution in [1.29, 1.82) is 0 Å². The number of likely N-dealkylation sites (tertiary alicyclic amines) is 1. The molecule has 152 valence electrons. The Bertz CT molecular complexity index is 546. The molecule has 27 heavy (non-hydrogen) atoms. The lowest BCUT2D eigenvalue weighted by Gasteiger charge is -2.44. The lowest BCUT2D eigenvalue weighted by Crippen LogP contribution is -2.59. The molecule has 2 atom stereocenters. The van der Waals surface area contributed by atoms with Crippen LogP contribution in [0, 0.1) is 5.92 Å². The van der Waals surface area contributed by atoms with Gasteiger partial charge in [0.2, 0.25) is 5.91 Å². The van der Waals surface area contributed by atoms with E-state index in [2.05, 4.69) is 15.5 Å². The predicted octanol–water partition coefficient (Wildman–Crippen LogP) is 2.05. The fourth-order valence-corrected chi connectivity index (χ4v) is 6.52. The van der Waals surface area contributed by atoms with E-state index in [1.165, 1.54) is 37.2 Å². The van der Waals surface area contributed by atoms with Gasteiger partial charge in [-0.3, -0.25) is 9.69 Å².